The molecule has 0 bridgehead atoms. The van der Waals surface area contributed by atoms with Crippen molar-refractivity contribution in [2.45, 2.75) is 57.9 Å². The number of benzene rings is 1. The number of hydrogen-bond donors (Lipinski definition) is 0. The van der Waals surface area contributed by atoms with Gasteiger partial charge in [0.25, 0.3) is 0 Å². The van der Waals surface area contributed by atoms with Gasteiger partial charge < -0.3 is 0 Å². The molecule has 6 nitrogen and oxygen atoms in total. The summed E-state index contributed by atoms with van der Waals surface area (Å²) in [5.74, 6) is 0.764. The minimum atomic E-state index is -0.220. The fourth-order valence-corrected chi connectivity index (χ4v) is 4.78. The van der Waals surface area contributed by atoms with E-state index in [1.807, 2.05) is 6.92 Å². The number of rotatable bonds is 2. The molecule has 140 valence electrons. The third kappa shape index (κ3) is 3.10. The summed E-state index contributed by atoms with van der Waals surface area (Å²) < 4.78 is 1.60. The molecule has 0 spiro atoms. The summed E-state index contributed by atoms with van der Waals surface area (Å²) in [6.45, 7) is 4.93. The van der Waals surface area contributed by atoms with E-state index in [1.54, 1.807) is 4.57 Å². The topological polar surface area (TPSA) is 67.6 Å². The first-order valence-corrected chi connectivity index (χ1v) is 10.1. The Morgan fingerprint density at radius 1 is 1.11 bits per heavy atom. The Kier molecular flexibility index (Phi) is 4.63. The van der Waals surface area contributed by atoms with Crippen molar-refractivity contribution in [3.63, 3.8) is 0 Å². The van der Waals surface area contributed by atoms with Crippen LogP contribution in [0.15, 0.2) is 28.3 Å². The van der Waals surface area contributed by atoms with Crippen molar-refractivity contribution >= 4 is 34.4 Å². The van der Waals surface area contributed by atoms with Gasteiger partial charge in [-0.25, -0.2) is 4.98 Å². The molecule has 1 aromatic carbocycles. The van der Waals surface area contributed by atoms with Gasteiger partial charge in [0.2, 0.25) is 11.8 Å². The Morgan fingerprint density at radius 3 is 2.52 bits per heavy atom. The fourth-order valence-electron chi connectivity index (χ4n) is 3.68. The third-order valence-corrected chi connectivity index (χ3v) is 6.07. The lowest BCUT2D eigenvalue weighted by molar-refractivity contribution is -0.116. The summed E-state index contributed by atoms with van der Waals surface area (Å²) >= 11 is 1.41. The van der Waals surface area contributed by atoms with E-state index in [-0.39, 0.29) is 11.8 Å². The molecule has 0 saturated heterocycles. The molecule has 1 aliphatic carbocycles. The van der Waals surface area contributed by atoms with Crippen molar-refractivity contribution in [2.75, 3.05) is 5.01 Å². The second-order valence-electron chi connectivity index (χ2n) is 6.89. The third-order valence-electron chi connectivity index (χ3n) is 5.00. The van der Waals surface area contributed by atoms with Crippen LogP contribution in [-0.4, -0.2) is 26.4 Å². The van der Waals surface area contributed by atoms with Crippen LogP contribution in [0.1, 0.15) is 60.9 Å². The van der Waals surface area contributed by atoms with Gasteiger partial charge in [-0.1, -0.05) is 19.1 Å². The van der Waals surface area contributed by atoms with E-state index < -0.39 is 0 Å². The maximum atomic E-state index is 12.2. The lowest BCUT2D eigenvalue weighted by atomic mass is 9.90. The number of carbonyl (C=O) groups excluding carboxylic acids is 2. The monoisotopic (exact) mass is 382 g/mol. The zero-order chi connectivity index (χ0) is 19.1. The fraction of sp³-hybridized carbons (Fsp3) is 0.400. The Balaban J connectivity index is 1.81. The molecule has 27 heavy (non-hydrogen) atoms. The average molecular weight is 382 g/mol. The molecule has 1 aromatic heterocycles. The first-order valence-electron chi connectivity index (χ1n) is 9.31. The van der Waals surface area contributed by atoms with Crippen LogP contribution in [0.4, 0.5) is 5.82 Å². The van der Waals surface area contributed by atoms with Crippen LogP contribution in [0.25, 0.3) is 0 Å². The number of fused-ring (bicyclic) bond motifs is 2. The van der Waals surface area contributed by atoms with Gasteiger partial charge in [0.1, 0.15) is 15.9 Å². The number of amides is 1. The maximum Gasteiger partial charge on any atom is 0.245 e. The zero-order valence-corrected chi connectivity index (χ0v) is 16.6. The number of nitrogens with zero attached hydrogens (tertiary/aromatic N) is 4. The number of carbonyl (C=O) groups is 2. The summed E-state index contributed by atoms with van der Waals surface area (Å²) in [4.78, 5) is 29.0. The molecule has 1 amide bonds. The molecule has 2 heterocycles. The molecule has 0 saturated carbocycles. The molecule has 0 unspecified atom stereocenters. The van der Waals surface area contributed by atoms with Gasteiger partial charge >= 0.3 is 0 Å². The number of thioether (sulfide) groups is 1. The molecular formula is C20H22N4O2S. The van der Waals surface area contributed by atoms with Crippen LogP contribution in [0.5, 0.6) is 0 Å². The summed E-state index contributed by atoms with van der Waals surface area (Å²) in [5.41, 5.74) is 3.74. The van der Waals surface area contributed by atoms with Crippen molar-refractivity contribution in [2.24, 2.45) is 5.10 Å². The van der Waals surface area contributed by atoms with Gasteiger partial charge in [0.15, 0.2) is 5.82 Å². The van der Waals surface area contributed by atoms with Crippen LogP contribution in [0, 0.1) is 0 Å². The van der Waals surface area contributed by atoms with E-state index in [0.717, 1.165) is 23.4 Å². The number of anilines is 1. The Morgan fingerprint density at radius 2 is 1.85 bits per heavy atom. The highest BCUT2D eigenvalue weighted by Crippen LogP contribution is 2.39. The average Bonchev–Trinajstić information content (AvgIpc) is 3.05. The predicted molar refractivity (Wildman–Crippen MR) is 107 cm³/mol. The molecule has 2 aromatic rings. The van der Waals surface area contributed by atoms with Gasteiger partial charge in [-0.2, -0.15) is 10.1 Å². The normalized spacial score (nSPS) is 15.8. The first kappa shape index (κ1) is 18.0. The number of hydrazone groups is 1. The van der Waals surface area contributed by atoms with E-state index in [1.165, 1.54) is 54.6 Å². The highest BCUT2D eigenvalue weighted by Gasteiger charge is 2.32. The molecule has 0 fully saturated rings. The smallest absolute Gasteiger partial charge is 0.245 e. The van der Waals surface area contributed by atoms with Crippen LogP contribution in [0.3, 0.4) is 0 Å². The van der Waals surface area contributed by atoms with Crippen molar-refractivity contribution in [1.82, 2.24) is 9.55 Å². The van der Waals surface area contributed by atoms with Crippen LogP contribution in [-0.2, 0) is 24.1 Å². The standard InChI is InChI=1S/C20H22N4O2S/c1-4-17-21-18-20(23(17)12(2)25)27-19(22-24(18)13(3)26)16-10-9-14-7-5-6-8-15(14)11-16/h9-11H,4-8H2,1-3H3. The SMILES string of the molecule is CCc1nc2c(n1C(C)=O)SC(c1ccc3c(c1)CCCC3)=NN2C(C)=O. The Bertz CT molecular complexity index is 977. The van der Waals surface area contributed by atoms with Crippen LogP contribution >= 0.6 is 11.8 Å². The van der Waals surface area contributed by atoms with E-state index >= 15 is 0 Å². The first-order chi connectivity index (χ1) is 13.0. The van der Waals surface area contributed by atoms with Crippen molar-refractivity contribution < 1.29 is 9.59 Å². The molecular weight excluding hydrogens is 360 g/mol. The lowest BCUT2D eigenvalue weighted by Gasteiger charge is -2.23. The minimum absolute atomic E-state index is 0.108. The van der Waals surface area contributed by atoms with Crippen molar-refractivity contribution in [3.8, 4) is 0 Å². The van der Waals surface area contributed by atoms with Gasteiger partial charge in [-0.3, -0.25) is 14.2 Å². The van der Waals surface area contributed by atoms with E-state index in [2.05, 4.69) is 28.3 Å². The summed E-state index contributed by atoms with van der Waals surface area (Å²) in [6.07, 6.45) is 5.25. The van der Waals surface area contributed by atoms with Gasteiger partial charge in [-0.05, 0) is 54.6 Å². The predicted octanol–water partition coefficient (Wildman–Crippen LogP) is 3.80. The summed E-state index contributed by atoms with van der Waals surface area (Å²) in [7, 11) is 0. The molecule has 2 aliphatic rings. The zero-order valence-electron chi connectivity index (χ0n) is 15.8. The van der Waals surface area contributed by atoms with E-state index in [4.69, 9.17) is 0 Å². The molecule has 4 rings (SSSR count). The highest BCUT2D eigenvalue weighted by atomic mass is 32.2. The largest absolute Gasteiger partial charge is 0.274 e. The van der Waals surface area contributed by atoms with Crippen molar-refractivity contribution in [3.05, 3.63) is 40.7 Å². The highest BCUT2D eigenvalue weighted by molar-refractivity contribution is 8.14. The van der Waals surface area contributed by atoms with E-state index in [0.29, 0.717) is 23.1 Å². The van der Waals surface area contributed by atoms with Gasteiger partial charge in [0.05, 0.1) is 0 Å². The van der Waals surface area contributed by atoms with Crippen LogP contribution < -0.4 is 5.01 Å². The number of aromatic nitrogens is 2. The second kappa shape index (κ2) is 6.96. The molecule has 0 atom stereocenters. The lowest BCUT2D eigenvalue weighted by Crippen LogP contribution is -2.28. The Labute approximate surface area is 162 Å². The number of aryl methyl sites for hydroxylation is 3. The summed E-state index contributed by atoms with van der Waals surface area (Å²) in [6, 6.07) is 6.41. The quantitative estimate of drug-likeness (QED) is 0.792. The number of hydrogen-bond acceptors (Lipinski definition) is 5. The maximum absolute atomic E-state index is 12.2. The van der Waals surface area contributed by atoms with E-state index in [9.17, 15) is 9.59 Å². The summed E-state index contributed by atoms with van der Waals surface area (Å²) in [5, 5.41) is 7.27. The minimum Gasteiger partial charge on any atom is -0.274 e. The molecule has 0 N–H and O–H groups in total. The molecule has 1 aliphatic heterocycles. The van der Waals surface area contributed by atoms with Crippen molar-refractivity contribution in [1.29, 1.82) is 0 Å². The molecule has 0 radical (unpaired) electrons. The second-order valence-corrected chi connectivity index (χ2v) is 7.87. The molecule has 7 heteroatoms. The van der Waals surface area contributed by atoms with Gasteiger partial charge in [-0.15, -0.1) is 0 Å². The van der Waals surface area contributed by atoms with Crippen LogP contribution in [0.2, 0.25) is 0 Å². The number of imidazole rings is 1. The Hall–Kier alpha value is -2.41. The van der Waals surface area contributed by atoms with Gasteiger partial charge in [0, 0.05) is 25.8 Å².